The molecule has 4 nitrogen and oxygen atoms in total. The predicted octanol–water partition coefficient (Wildman–Crippen LogP) is 5.19. The van der Waals surface area contributed by atoms with Crippen LogP contribution in [0.3, 0.4) is 0 Å². The molecule has 2 aromatic heterocycles. The molecule has 0 saturated carbocycles. The van der Waals surface area contributed by atoms with Gasteiger partial charge in [-0.15, -0.1) is 0 Å². The molecule has 0 radical (unpaired) electrons. The maximum absolute atomic E-state index is 5.59. The Bertz CT molecular complexity index is 867. The van der Waals surface area contributed by atoms with Crippen molar-refractivity contribution < 1.29 is 8.83 Å². The number of aryl methyl sites for hydroxylation is 1. The number of nitrogens with zero attached hydrogens (tertiary/aromatic N) is 2. The van der Waals surface area contributed by atoms with Gasteiger partial charge in [0.1, 0.15) is 22.8 Å². The van der Waals surface area contributed by atoms with E-state index in [9.17, 15) is 0 Å². The van der Waals surface area contributed by atoms with Crippen molar-refractivity contribution in [2.75, 3.05) is 0 Å². The lowest BCUT2D eigenvalue weighted by Gasteiger charge is -2.11. The summed E-state index contributed by atoms with van der Waals surface area (Å²) in [5, 5.41) is 0.774. The van der Waals surface area contributed by atoms with Gasteiger partial charge in [0.25, 0.3) is 0 Å². The van der Waals surface area contributed by atoms with Crippen molar-refractivity contribution >= 4 is 23.1 Å². The molecule has 0 aliphatic carbocycles. The van der Waals surface area contributed by atoms with E-state index in [0.717, 1.165) is 22.3 Å². The van der Waals surface area contributed by atoms with Crippen LogP contribution in [0, 0.1) is 6.92 Å². The number of hydrogen-bond acceptors (Lipinski definition) is 5. The number of furan rings is 2. The second kappa shape index (κ2) is 6.53. The van der Waals surface area contributed by atoms with E-state index in [4.69, 9.17) is 13.8 Å². The molecular weight excluding hydrogens is 320 g/mol. The van der Waals surface area contributed by atoms with Gasteiger partial charge in [0.15, 0.2) is 5.17 Å². The molecule has 2 atom stereocenters. The fourth-order valence-corrected chi connectivity index (χ4v) is 3.74. The van der Waals surface area contributed by atoms with E-state index in [2.05, 4.69) is 18.0 Å². The predicted molar refractivity (Wildman–Crippen MR) is 96.7 cm³/mol. The first kappa shape index (κ1) is 15.0. The Morgan fingerprint density at radius 1 is 1.00 bits per heavy atom. The Balaban J connectivity index is 1.62. The lowest BCUT2D eigenvalue weighted by Crippen LogP contribution is -1.99. The van der Waals surface area contributed by atoms with Gasteiger partial charge in [-0.05, 0) is 42.3 Å². The summed E-state index contributed by atoms with van der Waals surface area (Å²) in [6.45, 7) is 2.07. The van der Waals surface area contributed by atoms with E-state index in [1.807, 2.05) is 48.7 Å². The van der Waals surface area contributed by atoms with Crippen LogP contribution in [0.2, 0.25) is 0 Å². The molecule has 1 aliphatic rings. The Kier molecular flexibility index (Phi) is 4.09. The van der Waals surface area contributed by atoms with Crippen molar-refractivity contribution in [3.8, 4) is 0 Å². The van der Waals surface area contributed by atoms with Crippen molar-refractivity contribution in [2.24, 2.45) is 9.98 Å². The summed E-state index contributed by atoms with van der Waals surface area (Å²) < 4.78 is 11.2. The van der Waals surface area contributed by atoms with Crippen molar-refractivity contribution in [3.05, 3.63) is 83.7 Å². The van der Waals surface area contributed by atoms with E-state index in [1.165, 1.54) is 5.56 Å². The minimum Gasteiger partial charge on any atom is -0.468 e. The Morgan fingerprint density at radius 2 is 1.75 bits per heavy atom. The number of amidine groups is 1. The Labute approximate surface area is 144 Å². The number of benzene rings is 1. The minimum absolute atomic E-state index is 0.0372. The first-order valence-electron chi connectivity index (χ1n) is 7.72. The van der Waals surface area contributed by atoms with Crippen LogP contribution < -0.4 is 0 Å². The number of thioether (sulfide) groups is 1. The van der Waals surface area contributed by atoms with Gasteiger partial charge in [-0.25, -0.2) is 9.98 Å². The molecule has 0 N–H and O–H groups in total. The van der Waals surface area contributed by atoms with Crippen LogP contribution in [0.5, 0.6) is 0 Å². The van der Waals surface area contributed by atoms with Crippen LogP contribution in [0.4, 0.5) is 0 Å². The Hall–Kier alpha value is -2.53. The summed E-state index contributed by atoms with van der Waals surface area (Å²) in [7, 11) is 0. The zero-order chi connectivity index (χ0) is 16.4. The van der Waals surface area contributed by atoms with Gasteiger partial charge in [-0.2, -0.15) is 0 Å². The molecule has 0 amide bonds. The second-order valence-corrected chi connectivity index (χ2v) is 6.65. The van der Waals surface area contributed by atoms with E-state index < -0.39 is 0 Å². The molecule has 0 saturated heterocycles. The maximum atomic E-state index is 5.59. The highest BCUT2D eigenvalue weighted by Crippen LogP contribution is 2.48. The van der Waals surface area contributed by atoms with E-state index >= 15 is 0 Å². The van der Waals surface area contributed by atoms with Gasteiger partial charge < -0.3 is 8.83 Å². The molecule has 0 fully saturated rings. The topological polar surface area (TPSA) is 51.0 Å². The monoisotopic (exact) mass is 336 g/mol. The number of aliphatic imine (C=N–C) groups is 2. The molecule has 0 spiro atoms. The lowest BCUT2D eigenvalue weighted by atomic mass is 10.1. The molecule has 24 heavy (non-hydrogen) atoms. The maximum Gasteiger partial charge on any atom is 0.184 e. The van der Waals surface area contributed by atoms with E-state index in [1.54, 1.807) is 24.3 Å². The highest BCUT2D eigenvalue weighted by atomic mass is 32.2. The SMILES string of the molecule is Cc1ccccc1C=NC1=N[C@H](c2ccco2)[C@@H](c2ccco2)S1. The molecule has 5 heteroatoms. The van der Waals surface area contributed by atoms with Crippen LogP contribution in [0.25, 0.3) is 0 Å². The minimum atomic E-state index is -0.125. The quantitative estimate of drug-likeness (QED) is 0.619. The van der Waals surface area contributed by atoms with Gasteiger partial charge in [-0.1, -0.05) is 36.0 Å². The Morgan fingerprint density at radius 3 is 2.46 bits per heavy atom. The summed E-state index contributed by atoms with van der Waals surface area (Å²) in [6, 6.07) is 15.7. The summed E-state index contributed by atoms with van der Waals surface area (Å²) in [6.07, 6.45) is 5.22. The molecular formula is C19H16N2O2S. The average Bonchev–Trinajstić information content (AvgIpc) is 3.33. The normalized spacial score (nSPS) is 20.6. The largest absolute Gasteiger partial charge is 0.468 e. The van der Waals surface area contributed by atoms with E-state index in [-0.39, 0.29) is 11.3 Å². The molecule has 1 aliphatic heterocycles. The van der Waals surface area contributed by atoms with Crippen molar-refractivity contribution in [1.82, 2.24) is 0 Å². The van der Waals surface area contributed by atoms with Crippen LogP contribution in [0.15, 0.2) is 79.9 Å². The fraction of sp³-hybridized carbons (Fsp3) is 0.158. The fourth-order valence-electron chi connectivity index (χ4n) is 2.65. The van der Waals surface area contributed by atoms with Crippen LogP contribution in [-0.4, -0.2) is 11.4 Å². The molecule has 3 heterocycles. The highest BCUT2D eigenvalue weighted by molar-refractivity contribution is 8.14. The summed E-state index contributed by atoms with van der Waals surface area (Å²) in [4.78, 5) is 9.32. The smallest absolute Gasteiger partial charge is 0.184 e. The molecule has 3 aromatic rings. The van der Waals surface area contributed by atoms with E-state index in [0.29, 0.717) is 0 Å². The number of rotatable bonds is 3. The summed E-state index contributed by atoms with van der Waals surface area (Å²) in [5.74, 6) is 1.70. The summed E-state index contributed by atoms with van der Waals surface area (Å²) >= 11 is 1.60. The third-order valence-electron chi connectivity index (χ3n) is 3.93. The second-order valence-electron chi connectivity index (χ2n) is 5.54. The first-order valence-corrected chi connectivity index (χ1v) is 8.60. The van der Waals surface area contributed by atoms with Crippen molar-refractivity contribution in [1.29, 1.82) is 0 Å². The van der Waals surface area contributed by atoms with Gasteiger partial charge in [0, 0.05) is 6.21 Å². The third-order valence-corrected chi connectivity index (χ3v) is 5.10. The van der Waals surface area contributed by atoms with Crippen molar-refractivity contribution in [2.45, 2.75) is 18.2 Å². The number of hydrogen-bond donors (Lipinski definition) is 0. The third kappa shape index (κ3) is 2.95. The zero-order valence-electron chi connectivity index (χ0n) is 13.1. The zero-order valence-corrected chi connectivity index (χ0v) is 13.9. The van der Waals surface area contributed by atoms with Gasteiger partial charge in [-0.3, -0.25) is 0 Å². The molecule has 1 aromatic carbocycles. The molecule has 0 unspecified atom stereocenters. The van der Waals surface area contributed by atoms with Gasteiger partial charge >= 0.3 is 0 Å². The lowest BCUT2D eigenvalue weighted by molar-refractivity contribution is 0.432. The summed E-state index contributed by atoms with van der Waals surface area (Å²) in [5.41, 5.74) is 2.28. The molecule has 4 rings (SSSR count). The van der Waals surface area contributed by atoms with Gasteiger partial charge in [0.2, 0.25) is 0 Å². The van der Waals surface area contributed by atoms with Crippen LogP contribution in [-0.2, 0) is 0 Å². The standard InChI is InChI=1S/C19H16N2O2S/c1-13-6-2-3-7-14(13)12-20-19-21-17(15-8-4-10-22-15)18(24-19)16-9-5-11-23-16/h2-12,17-18H,1H3/t17-,18-/m1/s1. The van der Waals surface area contributed by atoms with Crippen LogP contribution in [0.1, 0.15) is 33.9 Å². The molecule has 120 valence electrons. The highest BCUT2D eigenvalue weighted by Gasteiger charge is 2.36. The first-order chi connectivity index (χ1) is 11.8. The van der Waals surface area contributed by atoms with Crippen molar-refractivity contribution in [3.63, 3.8) is 0 Å². The van der Waals surface area contributed by atoms with Gasteiger partial charge in [0.05, 0.1) is 12.5 Å². The average molecular weight is 336 g/mol. The van der Waals surface area contributed by atoms with Crippen LogP contribution >= 0.6 is 11.8 Å². The molecule has 0 bridgehead atoms.